The normalized spacial score (nSPS) is 11.9. The van der Waals surface area contributed by atoms with E-state index in [1.54, 1.807) is 0 Å². The number of rotatable bonds is 5. The van der Waals surface area contributed by atoms with E-state index in [9.17, 15) is 8.42 Å². The summed E-state index contributed by atoms with van der Waals surface area (Å²) in [5.41, 5.74) is 0. The van der Waals surface area contributed by atoms with Crippen LogP contribution < -0.4 is 4.57 Å². The van der Waals surface area contributed by atoms with Gasteiger partial charge >= 0.3 is 10.4 Å². The van der Waals surface area contributed by atoms with Crippen LogP contribution in [0, 0.1) is 0 Å². The van der Waals surface area contributed by atoms with Gasteiger partial charge in [-0.2, -0.15) is 8.42 Å². The molecule has 0 bridgehead atoms. The van der Waals surface area contributed by atoms with E-state index in [0.717, 1.165) is 0 Å². The lowest BCUT2D eigenvalue weighted by Gasteiger charge is -1.97. The molecule has 14 heavy (non-hydrogen) atoms. The highest BCUT2D eigenvalue weighted by atomic mass is 32.3. The van der Waals surface area contributed by atoms with Gasteiger partial charge in [0.25, 0.3) is 0 Å². The molecular weight excluding hydrogens is 208 g/mol. The van der Waals surface area contributed by atoms with E-state index < -0.39 is 10.4 Å². The van der Waals surface area contributed by atoms with E-state index >= 15 is 0 Å². The highest BCUT2D eigenvalue weighted by Gasteiger charge is 2.04. The fraction of sp³-hybridized carbons (Fsp3) is 0.571. The fourth-order valence-electron chi connectivity index (χ4n) is 1.05. The fourth-order valence-corrected chi connectivity index (χ4v) is 1.37. The van der Waals surface area contributed by atoms with Gasteiger partial charge in [-0.3, -0.25) is 4.55 Å². The second-order valence-electron chi connectivity index (χ2n) is 2.92. The molecule has 1 aromatic heterocycles. The summed E-state index contributed by atoms with van der Waals surface area (Å²) in [4.78, 5) is 0. The molecule has 0 aliphatic rings. The standard InChI is InChI=1S/C7H12N2O4S/c1-8-4-5-9(7-8)3-2-6-13-14(10,11)12/h4-5,7H,2-3,6H2,1H3/p+1. The molecule has 0 amide bonds. The SMILES string of the molecule is C[n+]1ccn(CCCOS(=O)(=O)O)c1. The number of aryl methyl sites for hydroxylation is 2. The molecule has 80 valence electrons. The van der Waals surface area contributed by atoms with Crippen molar-refractivity contribution in [2.45, 2.75) is 13.0 Å². The van der Waals surface area contributed by atoms with Crippen molar-refractivity contribution in [1.82, 2.24) is 4.57 Å². The molecule has 1 aromatic rings. The summed E-state index contributed by atoms with van der Waals surface area (Å²) in [5, 5.41) is 0. The molecule has 1 rings (SSSR count). The molecule has 1 heterocycles. The maximum Gasteiger partial charge on any atom is 0.397 e. The molecule has 0 aliphatic carbocycles. The van der Waals surface area contributed by atoms with Gasteiger partial charge in [-0.25, -0.2) is 13.3 Å². The highest BCUT2D eigenvalue weighted by Crippen LogP contribution is 1.93. The zero-order valence-electron chi connectivity index (χ0n) is 7.83. The summed E-state index contributed by atoms with van der Waals surface area (Å²) in [6.07, 6.45) is 6.14. The van der Waals surface area contributed by atoms with Crippen molar-refractivity contribution in [2.24, 2.45) is 7.05 Å². The van der Waals surface area contributed by atoms with Crippen LogP contribution in [0.4, 0.5) is 0 Å². The second kappa shape index (κ2) is 4.54. The molecule has 0 atom stereocenters. The molecule has 0 saturated carbocycles. The molecule has 0 saturated heterocycles. The van der Waals surface area contributed by atoms with E-state index in [2.05, 4.69) is 4.18 Å². The van der Waals surface area contributed by atoms with Gasteiger partial charge in [0.2, 0.25) is 6.33 Å². The van der Waals surface area contributed by atoms with Gasteiger partial charge in [-0.05, 0) is 0 Å². The van der Waals surface area contributed by atoms with Gasteiger partial charge in [-0.1, -0.05) is 0 Å². The van der Waals surface area contributed by atoms with Gasteiger partial charge in [0.15, 0.2) is 0 Å². The highest BCUT2D eigenvalue weighted by molar-refractivity contribution is 7.80. The number of aromatic nitrogens is 2. The predicted molar refractivity (Wildman–Crippen MR) is 47.7 cm³/mol. The Labute approximate surface area is 82.7 Å². The first kappa shape index (κ1) is 11.2. The molecule has 7 heteroatoms. The lowest BCUT2D eigenvalue weighted by molar-refractivity contribution is -0.671. The van der Waals surface area contributed by atoms with Crippen LogP contribution in [0.1, 0.15) is 6.42 Å². The molecule has 0 spiro atoms. The Hall–Kier alpha value is -0.920. The molecule has 0 aromatic carbocycles. The first-order valence-corrected chi connectivity index (χ1v) is 5.47. The van der Waals surface area contributed by atoms with Gasteiger partial charge in [-0.15, -0.1) is 0 Å². The smallest absolute Gasteiger partial charge is 0.264 e. The average Bonchev–Trinajstić information content (AvgIpc) is 2.44. The van der Waals surface area contributed by atoms with Gasteiger partial charge in [0, 0.05) is 6.42 Å². The van der Waals surface area contributed by atoms with Gasteiger partial charge in [0.1, 0.15) is 12.4 Å². The summed E-state index contributed by atoms with van der Waals surface area (Å²) in [5.74, 6) is 0. The third-order valence-corrected chi connectivity index (χ3v) is 2.08. The topological polar surface area (TPSA) is 72.4 Å². The minimum absolute atomic E-state index is 0.0132. The summed E-state index contributed by atoms with van der Waals surface area (Å²) >= 11 is 0. The number of nitrogens with zero attached hydrogens (tertiary/aromatic N) is 2. The maximum absolute atomic E-state index is 10.2. The zero-order chi connectivity index (χ0) is 10.6. The lowest BCUT2D eigenvalue weighted by atomic mass is 10.4. The van der Waals surface area contributed by atoms with Crippen molar-refractivity contribution in [3.05, 3.63) is 18.7 Å². The molecule has 0 aliphatic heterocycles. The Morgan fingerprint density at radius 3 is 2.79 bits per heavy atom. The number of imidazole rings is 1. The monoisotopic (exact) mass is 221 g/mol. The number of hydrogen-bond acceptors (Lipinski definition) is 3. The molecule has 1 N–H and O–H groups in total. The average molecular weight is 221 g/mol. The van der Waals surface area contributed by atoms with Crippen molar-refractivity contribution in [3.63, 3.8) is 0 Å². The second-order valence-corrected chi connectivity index (χ2v) is 4.01. The Kier molecular flexibility index (Phi) is 3.62. The molecule has 6 nitrogen and oxygen atoms in total. The minimum Gasteiger partial charge on any atom is -0.264 e. The van der Waals surface area contributed by atoms with Crippen molar-refractivity contribution < 1.29 is 21.7 Å². The summed E-state index contributed by atoms with van der Waals surface area (Å²) in [7, 11) is -2.39. The number of hydrogen-bond donors (Lipinski definition) is 1. The van der Waals surface area contributed by atoms with Crippen molar-refractivity contribution in [1.29, 1.82) is 0 Å². The van der Waals surface area contributed by atoms with Crippen molar-refractivity contribution >= 4 is 10.4 Å². The summed E-state index contributed by atoms with van der Waals surface area (Å²) in [6, 6.07) is 0. The molecular formula is C7H13N2O4S+. The zero-order valence-corrected chi connectivity index (χ0v) is 8.64. The van der Waals surface area contributed by atoms with Crippen LogP contribution in [0.15, 0.2) is 18.7 Å². The van der Waals surface area contributed by atoms with Crippen LogP contribution in [-0.4, -0.2) is 24.1 Å². The van der Waals surface area contributed by atoms with E-state index in [1.165, 1.54) is 0 Å². The van der Waals surface area contributed by atoms with E-state index in [-0.39, 0.29) is 6.61 Å². The van der Waals surface area contributed by atoms with Crippen LogP contribution >= 0.6 is 0 Å². The molecule has 0 radical (unpaired) electrons. The molecule has 0 fully saturated rings. The van der Waals surface area contributed by atoms with Crippen molar-refractivity contribution in [2.75, 3.05) is 6.61 Å². The van der Waals surface area contributed by atoms with Gasteiger partial charge < -0.3 is 0 Å². The Morgan fingerprint density at radius 1 is 1.57 bits per heavy atom. The Balaban J connectivity index is 2.23. The minimum atomic E-state index is -4.29. The van der Waals surface area contributed by atoms with Crippen LogP contribution in [0.5, 0.6) is 0 Å². The van der Waals surface area contributed by atoms with Crippen LogP contribution in [0.25, 0.3) is 0 Å². The summed E-state index contributed by atoms with van der Waals surface area (Å²) in [6.45, 7) is 0.636. The first-order valence-electron chi connectivity index (χ1n) is 4.10. The van der Waals surface area contributed by atoms with Crippen molar-refractivity contribution in [3.8, 4) is 0 Å². The summed E-state index contributed by atoms with van der Waals surface area (Å²) < 4.78 is 36.5. The van der Waals surface area contributed by atoms with E-state index in [4.69, 9.17) is 4.55 Å². The van der Waals surface area contributed by atoms with E-state index in [1.807, 2.05) is 34.9 Å². The van der Waals surface area contributed by atoms with E-state index in [0.29, 0.717) is 13.0 Å². The quantitative estimate of drug-likeness (QED) is 0.414. The predicted octanol–water partition coefficient (Wildman–Crippen LogP) is -0.478. The molecule has 0 unspecified atom stereocenters. The Bertz CT molecular complexity index is 384. The van der Waals surface area contributed by atoms with Gasteiger partial charge in [0.05, 0.1) is 20.2 Å². The van der Waals surface area contributed by atoms with Crippen LogP contribution in [0.2, 0.25) is 0 Å². The largest absolute Gasteiger partial charge is 0.397 e. The lowest BCUT2D eigenvalue weighted by Crippen LogP contribution is -2.23. The third kappa shape index (κ3) is 4.35. The first-order chi connectivity index (χ1) is 6.47. The van der Waals surface area contributed by atoms with Crippen LogP contribution in [-0.2, 0) is 28.2 Å². The third-order valence-electron chi connectivity index (χ3n) is 1.62. The van der Waals surface area contributed by atoms with Crippen LogP contribution in [0.3, 0.4) is 0 Å². The Morgan fingerprint density at radius 2 is 2.29 bits per heavy atom. The maximum atomic E-state index is 10.2.